The molecule has 3 N–H and O–H groups in total. The summed E-state index contributed by atoms with van der Waals surface area (Å²) in [7, 11) is 0. The summed E-state index contributed by atoms with van der Waals surface area (Å²) in [6, 6.07) is -0.470. The second-order valence-corrected chi connectivity index (χ2v) is 4.80. The minimum absolute atomic E-state index is 0.0915. The van der Waals surface area contributed by atoms with Crippen LogP contribution in [0.2, 0.25) is 0 Å². The van der Waals surface area contributed by atoms with Gasteiger partial charge in [-0.25, -0.2) is 0 Å². The lowest BCUT2D eigenvalue weighted by Gasteiger charge is -2.20. The van der Waals surface area contributed by atoms with Gasteiger partial charge in [0.25, 0.3) is 0 Å². The molecule has 3 atom stereocenters. The van der Waals surface area contributed by atoms with Gasteiger partial charge >= 0.3 is 5.97 Å². The van der Waals surface area contributed by atoms with Gasteiger partial charge < -0.3 is 15.5 Å². The number of hydrogen-bond donors (Lipinski definition) is 3. The van der Waals surface area contributed by atoms with E-state index in [0.29, 0.717) is 12.5 Å². The summed E-state index contributed by atoms with van der Waals surface area (Å²) >= 11 is 0. The standard InChI is InChI=1S/C11H21NO3/c1-7(2)10(11(14)15)12-6-8-3-4-9(13)5-8/h7-10,12-13H,3-6H2,1-2H3,(H,14,15). The van der Waals surface area contributed by atoms with E-state index in [1.54, 1.807) is 0 Å². The molecule has 1 fully saturated rings. The molecular weight excluding hydrogens is 194 g/mol. The van der Waals surface area contributed by atoms with Gasteiger partial charge in [0.1, 0.15) is 6.04 Å². The maximum Gasteiger partial charge on any atom is 0.320 e. The van der Waals surface area contributed by atoms with Crippen molar-refractivity contribution in [3.05, 3.63) is 0 Å². The summed E-state index contributed by atoms with van der Waals surface area (Å²) in [6.45, 7) is 4.50. The van der Waals surface area contributed by atoms with Crippen LogP contribution in [-0.4, -0.2) is 34.9 Å². The lowest BCUT2D eigenvalue weighted by atomic mass is 10.0. The Morgan fingerprint density at radius 3 is 2.53 bits per heavy atom. The first-order chi connectivity index (χ1) is 7.00. The number of nitrogens with one attached hydrogen (secondary N) is 1. The minimum atomic E-state index is -0.788. The van der Waals surface area contributed by atoms with E-state index in [2.05, 4.69) is 5.32 Å². The first kappa shape index (κ1) is 12.5. The Balaban J connectivity index is 2.31. The van der Waals surface area contributed by atoms with Crippen LogP contribution < -0.4 is 5.32 Å². The zero-order valence-electron chi connectivity index (χ0n) is 9.44. The average molecular weight is 215 g/mol. The number of carboxylic acids is 1. The Morgan fingerprint density at radius 2 is 2.13 bits per heavy atom. The molecule has 4 nitrogen and oxygen atoms in total. The molecule has 1 rings (SSSR count). The third-order valence-electron chi connectivity index (χ3n) is 3.07. The van der Waals surface area contributed by atoms with Crippen LogP contribution in [0.4, 0.5) is 0 Å². The van der Waals surface area contributed by atoms with Crippen molar-refractivity contribution < 1.29 is 15.0 Å². The Bertz CT molecular complexity index is 218. The summed E-state index contributed by atoms with van der Waals surface area (Å²) in [5, 5.41) is 21.4. The molecule has 3 unspecified atom stereocenters. The molecule has 0 amide bonds. The summed E-state index contributed by atoms with van der Waals surface area (Å²) in [5.74, 6) is -0.266. The van der Waals surface area contributed by atoms with Crippen molar-refractivity contribution in [2.45, 2.75) is 45.3 Å². The third-order valence-corrected chi connectivity index (χ3v) is 3.07. The zero-order chi connectivity index (χ0) is 11.4. The second kappa shape index (κ2) is 5.47. The molecule has 0 aromatic heterocycles. The first-order valence-corrected chi connectivity index (χ1v) is 5.65. The fourth-order valence-electron chi connectivity index (χ4n) is 2.14. The van der Waals surface area contributed by atoms with Crippen LogP contribution >= 0.6 is 0 Å². The van der Waals surface area contributed by atoms with Crippen molar-refractivity contribution in [1.82, 2.24) is 5.32 Å². The molecule has 15 heavy (non-hydrogen) atoms. The first-order valence-electron chi connectivity index (χ1n) is 5.65. The molecule has 1 aliphatic carbocycles. The SMILES string of the molecule is CC(C)C(NCC1CCC(O)C1)C(=O)O. The summed E-state index contributed by atoms with van der Waals surface area (Å²) in [4.78, 5) is 10.9. The topological polar surface area (TPSA) is 69.6 Å². The molecule has 0 spiro atoms. The van der Waals surface area contributed by atoms with Crippen LogP contribution in [0.25, 0.3) is 0 Å². The normalized spacial score (nSPS) is 28.3. The van der Waals surface area contributed by atoms with Crippen LogP contribution in [0.5, 0.6) is 0 Å². The predicted octanol–water partition coefficient (Wildman–Crippen LogP) is 0.846. The Kier molecular flexibility index (Phi) is 4.54. The van der Waals surface area contributed by atoms with Gasteiger partial charge in [-0.3, -0.25) is 4.79 Å². The maximum absolute atomic E-state index is 10.9. The Labute approximate surface area is 90.7 Å². The van der Waals surface area contributed by atoms with E-state index < -0.39 is 12.0 Å². The van der Waals surface area contributed by atoms with E-state index in [4.69, 9.17) is 5.11 Å². The number of aliphatic carboxylic acids is 1. The van der Waals surface area contributed by atoms with E-state index in [1.165, 1.54) is 0 Å². The molecule has 4 heteroatoms. The van der Waals surface area contributed by atoms with Gasteiger partial charge in [0.2, 0.25) is 0 Å². The highest BCUT2D eigenvalue weighted by atomic mass is 16.4. The van der Waals surface area contributed by atoms with Crippen molar-refractivity contribution in [3.63, 3.8) is 0 Å². The number of carbonyl (C=O) groups is 1. The van der Waals surface area contributed by atoms with Crippen molar-refractivity contribution >= 4 is 5.97 Å². The molecule has 0 aromatic rings. The highest BCUT2D eigenvalue weighted by Gasteiger charge is 2.26. The molecule has 0 aromatic carbocycles. The molecule has 0 heterocycles. The maximum atomic E-state index is 10.9. The minimum Gasteiger partial charge on any atom is -0.480 e. The van der Waals surface area contributed by atoms with Crippen LogP contribution in [0, 0.1) is 11.8 Å². The molecule has 0 bridgehead atoms. The van der Waals surface area contributed by atoms with Crippen molar-refractivity contribution in [3.8, 4) is 0 Å². The van der Waals surface area contributed by atoms with Gasteiger partial charge in [0, 0.05) is 0 Å². The van der Waals surface area contributed by atoms with E-state index in [9.17, 15) is 9.90 Å². The molecular formula is C11H21NO3. The average Bonchev–Trinajstić information content (AvgIpc) is 2.50. The monoisotopic (exact) mass is 215 g/mol. The van der Waals surface area contributed by atoms with Gasteiger partial charge in [-0.15, -0.1) is 0 Å². The molecule has 88 valence electrons. The molecule has 1 saturated carbocycles. The predicted molar refractivity (Wildman–Crippen MR) is 57.6 cm³/mol. The summed E-state index contributed by atoms with van der Waals surface area (Å²) < 4.78 is 0. The lowest BCUT2D eigenvalue weighted by Crippen LogP contribution is -2.42. The van der Waals surface area contributed by atoms with Crippen molar-refractivity contribution in [1.29, 1.82) is 0 Å². The number of aliphatic hydroxyl groups excluding tert-OH is 1. The van der Waals surface area contributed by atoms with Gasteiger partial charge in [-0.05, 0) is 37.6 Å². The third kappa shape index (κ3) is 3.80. The fraction of sp³-hybridized carbons (Fsp3) is 0.909. The number of carboxylic acid groups (broad SMARTS) is 1. The zero-order valence-corrected chi connectivity index (χ0v) is 9.44. The van der Waals surface area contributed by atoms with E-state index in [0.717, 1.165) is 19.3 Å². The van der Waals surface area contributed by atoms with Crippen molar-refractivity contribution in [2.24, 2.45) is 11.8 Å². The largest absolute Gasteiger partial charge is 0.480 e. The second-order valence-electron chi connectivity index (χ2n) is 4.80. The van der Waals surface area contributed by atoms with Crippen LogP contribution in [0.3, 0.4) is 0 Å². The van der Waals surface area contributed by atoms with E-state index in [-0.39, 0.29) is 12.0 Å². The molecule has 0 aliphatic heterocycles. The fourth-order valence-corrected chi connectivity index (χ4v) is 2.14. The van der Waals surface area contributed by atoms with Gasteiger partial charge in [-0.2, -0.15) is 0 Å². The highest BCUT2D eigenvalue weighted by Crippen LogP contribution is 2.24. The Morgan fingerprint density at radius 1 is 1.47 bits per heavy atom. The van der Waals surface area contributed by atoms with Gasteiger partial charge in [0.15, 0.2) is 0 Å². The summed E-state index contributed by atoms with van der Waals surface area (Å²) in [5.41, 5.74) is 0. The van der Waals surface area contributed by atoms with Crippen LogP contribution in [0.1, 0.15) is 33.1 Å². The molecule has 1 aliphatic rings. The molecule has 0 saturated heterocycles. The highest BCUT2D eigenvalue weighted by molar-refractivity contribution is 5.73. The van der Waals surface area contributed by atoms with E-state index in [1.807, 2.05) is 13.8 Å². The van der Waals surface area contributed by atoms with E-state index >= 15 is 0 Å². The number of aliphatic hydroxyl groups is 1. The number of hydrogen-bond acceptors (Lipinski definition) is 3. The van der Waals surface area contributed by atoms with Crippen molar-refractivity contribution in [2.75, 3.05) is 6.54 Å². The smallest absolute Gasteiger partial charge is 0.320 e. The summed E-state index contributed by atoms with van der Waals surface area (Å²) in [6.07, 6.45) is 2.47. The Hall–Kier alpha value is -0.610. The van der Waals surface area contributed by atoms with Crippen LogP contribution in [0.15, 0.2) is 0 Å². The van der Waals surface area contributed by atoms with Gasteiger partial charge in [0.05, 0.1) is 6.10 Å². The number of rotatable bonds is 5. The quantitative estimate of drug-likeness (QED) is 0.636. The van der Waals surface area contributed by atoms with Crippen LogP contribution in [-0.2, 0) is 4.79 Å². The van der Waals surface area contributed by atoms with Gasteiger partial charge in [-0.1, -0.05) is 13.8 Å². The lowest BCUT2D eigenvalue weighted by molar-refractivity contribution is -0.140. The molecule has 0 radical (unpaired) electrons.